The molecule has 1 aromatic rings. The maximum absolute atomic E-state index is 12.9. The van der Waals surface area contributed by atoms with E-state index in [4.69, 9.17) is 4.74 Å². The van der Waals surface area contributed by atoms with E-state index in [0.29, 0.717) is 29.8 Å². The molecule has 5 nitrogen and oxygen atoms in total. The van der Waals surface area contributed by atoms with Crippen molar-refractivity contribution in [2.75, 3.05) is 12.4 Å². The molecule has 0 fully saturated rings. The van der Waals surface area contributed by atoms with Crippen LogP contribution in [-0.2, 0) is 22.4 Å². The SMILES string of the molecule is CO/C1=C/C/C=C(/NC(=O)c2c(NC=O)sc3c2CCCC3)CC=C1. The third-order valence-electron chi connectivity index (χ3n) is 4.40. The number of fused-ring (bicyclic) bond motifs is 1. The fraction of sp³-hybridized carbons (Fsp3) is 0.368. The second-order valence-corrected chi connectivity index (χ2v) is 7.12. The van der Waals surface area contributed by atoms with Crippen LogP contribution in [0.5, 0.6) is 0 Å². The van der Waals surface area contributed by atoms with Gasteiger partial charge in [-0.05, 0) is 49.8 Å². The van der Waals surface area contributed by atoms with Crippen LogP contribution in [0.4, 0.5) is 5.00 Å². The zero-order chi connectivity index (χ0) is 17.6. The molecule has 1 aromatic heterocycles. The Kier molecular flexibility index (Phi) is 5.71. The summed E-state index contributed by atoms with van der Waals surface area (Å²) < 4.78 is 5.22. The van der Waals surface area contributed by atoms with Crippen LogP contribution in [0.3, 0.4) is 0 Å². The molecule has 6 heteroatoms. The van der Waals surface area contributed by atoms with Gasteiger partial charge in [0.2, 0.25) is 6.41 Å². The van der Waals surface area contributed by atoms with E-state index < -0.39 is 0 Å². The monoisotopic (exact) mass is 358 g/mol. The van der Waals surface area contributed by atoms with E-state index in [9.17, 15) is 9.59 Å². The number of carbonyl (C=O) groups excluding carboxylic acids is 2. The summed E-state index contributed by atoms with van der Waals surface area (Å²) in [4.78, 5) is 25.0. The molecule has 0 aliphatic heterocycles. The highest BCUT2D eigenvalue weighted by Crippen LogP contribution is 2.38. The number of ether oxygens (including phenoxy) is 1. The molecule has 25 heavy (non-hydrogen) atoms. The first-order valence-electron chi connectivity index (χ1n) is 8.48. The molecule has 0 bridgehead atoms. The van der Waals surface area contributed by atoms with E-state index in [0.717, 1.165) is 42.7 Å². The van der Waals surface area contributed by atoms with Crippen LogP contribution in [-0.4, -0.2) is 19.4 Å². The Balaban J connectivity index is 1.81. The zero-order valence-electron chi connectivity index (χ0n) is 14.3. The first kappa shape index (κ1) is 17.5. The van der Waals surface area contributed by atoms with Gasteiger partial charge in [-0.2, -0.15) is 0 Å². The highest BCUT2D eigenvalue weighted by molar-refractivity contribution is 7.16. The maximum atomic E-state index is 12.9. The van der Waals surface area contributed by atoms with Crippen LogP contribution in [0, 0.1) is 0 Å². The van der Waals surface area contributed by atoms with Gasteiger partial charge in [-0.25, -0.2) is 0 Å². The largest absolute Gasteiger partial charge is 0.497 e. The van der Waals surface area contributed by atoms with Gasteiger partial charge in [0.05, 0.1) is 12.7 Å². The normalized spacial score (nSPS) is 20.8. The third kappa shape index (κ3) is 4.02. The lowest BCUT2D eigenvalue weighted by Crippen LogP contribution is -2.24. The number of thiophene rings is 1. The standard InChI is InChI=1S/C19H22N2O3S/c1-24-14-8-4-6-13(7-5-9-14)21-18(23)17-15-10-2-3-11-16(15)25-19(17)20-12-22/h4,7-9,12H,2-3,5-6,10-11H2,1H3,(H,20,22)(H,21,23)/b8-4?,13-7+,14-9+. The lowest BCUT2D eigenvalue weighted by molar-refractivity contribution is -0.105. The number of aryl methyl sites for hydroxylation is 1. The molecule has 0 unspecified atom stereocenters. The smallest absolute Gasteiger partial charge is 0.258 e. The lowest BCUT2D eigenvalue weighted by atomic mass is 9.95. The van der Waals surface area contributed by atoms with Gasteiger partial charge in [0.25, 0.3) is 5.91 Å². The van der Waals surface area contributed by atoms with Crippen LogP contribution in [0.1, 0.15) is 46.5 Å². The second-order valence-electron chi connectivity index (χ2n) is 6.01. The van der Waals surface area contributed by atoms with E-state index in [1.54, 1.807) is 7.11 Å². The Bertz CT molecular complexity index is 759. The van der Waals surface area contributed by atoms with Crippen LogP contribution < -0.4 is 10.6 Å². The predicted octanol–water partition coefficient (Wildman–Crippen LogP) is 3.69. The van der Waals surface area contributed by atoms with Crippen LogP contribution in [0.25, 0.3) is 0 Å². The van der Waals surface area contributed by atoms with Crippen molar-refractivity contribution >= 4 is 28.7 Å². The molecule has 2 amide bonds. The van der Waals surface area contributed by atoms with Crippen molar-refractivity contribution in [3.63, 3.8) is 0 Å². The molecular weight excluding hydrogens is 336 g/mol. The van der Waals surface area contributed by atoms with Crippen molar-refractivity contribution in [3.8, 4) is 0 Å². The Morgan fingerprint density at radius 1 is 1.28 bits per heavy atom. The van der Waals surface area contributed by atoms with Gasteiger partial charge in [-0.3, -0.25) is 9.59 Å². The molecule has 0 saturated heterocycles. The summed E-state index contributed by atoms with van der Waals surface area (Å²) in [6.07, 6.45) is 13.9. The van der Waals surface area contributed by atoms with Crippen molar-refractivity contribution in [1.29, 1.82) is 0 Å². The number of nitrogens with one attached hydrogen (secondary N) is 2. The molecule has 0 saturated carbocycles. The molecule has 0 atom stereocenters. The minimum absolute atomic E-state index is 0.139. The zero-order valence-corrected chi connectivity index (χ0v) is 15.1. The van der Waals surface area contributed by atoms with Gasteiger partial charge in [0.15, 0.2) is 0 Å². The number of hydrogen-bond donors (Lipinski definition) is 2. The highest BCUT2D eigenvalue weighted by Gasteiger charge is 2.25. The second kappa shape index (κ2) is 8.16. The Labute approximate surface area is 151 Å². The quantitative estimate of drug-likeness (QED) is 0.789. The number of rotatable bonds is 5. The van der Waals surface area contributed by atoms with Crippen molar-refractivity contribution in [2.24, 2.45) is 0 Å². The van der Waals surface area contributed by atoms with Gasteiger partial charge >= 0.3 is 0 Å². The van der Waals surface area contributed by atoms with Gasteiger partial charge < -0.3 is 15.4 Å². The van der Waals surface area contributed by atoms with Crippen LogP contribution >= 0.6 is 11.3 Å². The van der Waals surface area contributed by atoms with Gasteiger partial charge in [-0.15, -0.1) is 11.3 Å². The van der Waals surface area contributed by atoms with Gasteiger partial charge in [0.1, 0.15) is 10.8 Å². The Morgan fingerprint density at radius 3 is 2.92 bits per heavy atom. The number of hydrogen-bond acceptors (Lipinski definition) is 4. The van der Waals surface area contributed by atoms with Crippen molar-refractivity contribution in [3.05, 3.63) is 51.8 Å². The molecule has 2 aliphatic carbocycles. The van der Waals surface area contributed by atoms with Crippen molar-refractivity contribution in [1.82, 2.24) is 5.32 Å². The molecule has 3 rings (SSSR count). The lowest BCUT2D eigenvalue weighted by Gasteiger charge is -2.14. The topological polar surface area (TPSA) is 67.4 Å². The fourth-order valence-corrected chi connectivity index (χ4v) is 4.44. The fourth-order valence-electron chi connectivity index (χ4n) is 3.19. The number of carbonyl (C=O) groups is 2. The van der Waals surface area contributed by atoms with Gasteiger partial charge in [0, 0.05) is 17.0 Å². The van der Waals surface area contributed by atoms with Crippen LogP contribution in [0.2, 0.25) is 0 Å². The Morgan fingerprint density at radius 2 is 2.12 bits per heavy atom. The summed E-state index contributed by atoms with van der Waals surface area (Å²) in [6.45, 7) is 0. The average molecular weight is 358 g/mol. The number of amides is 2. The summed E-state index contributed by atoms with van der Waals surface area (Å²) >= 11 is 1.52. The number of anilines is 1. The molecular formula is C19H22N2O3S. The van der Waals surface area contributed by atoms with E-state index in [-0.39, 0.29) is 5.91 Å². The van der Waals surface area contributed by atoms with Crippen molar-refractivity contribution < 1.29 is 14.3 Å². The molecule has 132 valence electrons. The van der Waals surface area contributed by atoms with E-state index in [1.165, 1.54) is 16.2 Å². The third-order valence-corrected chi connectivity index (χ3v) is 5.62. The van der Waals surface area contributed by atoms with Crippen molar-refractivity contribution in [2.45, 2.75) is 38.5 Å². The molecule has 0 aromatic carbocycles. The molecule has 2 N–H and O–H groups in total. The van der Waals surface area contributed by atoms with Gasteiger partial charge in [-0.1, -0.05) is 12.2 Å². The summed E-state index contributed by atoms with van der Waals surface area (Å²) in [6, 6.07) is 0. The van der Waals surface area contributed by atoms with E-state index in [2.05, 4.69) is 10.6 Å². The number of methoxy groups -OCH3 is 1. The summed E-state index contributed by atoms with van der Waals surface area (Å²) in [7, 11) is 1.64. The highest BCUT2D eigenvalue weighted by atomic mass is 32.1. The molecule has 0 radical (unpaired) electrons. The summed E-state index contributed by atoms with van der Waals surface area (Å²) in [5, 5.41) is 6.38. The summed E-state index contributed by atoms with van der Waals surface area (Å²) in [5.41, 5.74) is 2.59. The van der Waals surface area contributed by atoms with Crippen LogP contribution in [0.15, 0.2) is 35.8 Å². The minimum Gasteiger partial charge on any atom is -0.497 e. The average Bonchev–Trinajstić information content (AvgIpc) is 2.95. The molecule has 2 aliphatic rings. The van der Waals surface area contributed by atoms with E-state index in [1.807, 2.05) is 24.3 Å². The first-order chi connectivity index (χ1) is 12.2. The first-order valence-corrected chi connectivity index (χ1v) is 9.30. The van der Waals surface area contributed by atoms with E-state index >= 15 is 0 Å². The minimum atomic E-state index is -0.139. The molecule has 0 spiro atoms. The number of allylic oxidation sites excluding steroid dienone is 4. The maximum Gasteiger partial charge on any atom is 0.258 e. The summed E-state index contributed by atoms with van der Waals surface area (Å²) in [5.74, 6) is 0.686. The Hall–Kier alpha value is -2.34. The molecule has 1 heterocycles. The predicted molar refractivity (Wildman–Crippen MR) is 99.7 cm³/mol.